The molecule has 0 spiro atoms. The minimum Gasteiger partial charge on any atom is -0.324 e. The topological polar surface area (TPSA) is 55.1 Å². The average molecular weight is 264 g/mol. The van der Waals surface area contributed by atoms with E-state index in [4.69, 9.17) is 5.73 Å². The Bertz CT molecular complexity index is 444. The Labute approximate surface area is 113 Å². The summed E-state index contributed by atoms with van der Waals surface area (Å²) < 4.78 is 0.195. The first kappa shape index (κ1) is 13.4. The fourth-order valence-corrected chi connectivity index (χ4v) is 2.56. The van der Waals surface area contributed by atoms with Gasteiger partial charge in [0.1, 0.15) is 0 Å². The molecule has 1 aliphatic carbocycles. The molecule has 0 atom stereocenters. The first-order valence-electron chi connectivity index (χ1n) is 6.18. The van der Waals surface area contributed by atoms with E-state index in [1.165, 1.54) is 4.90 Å². The number of thioether (sulfide) groups is 1. The molecule has 18 heavy (non-hydrogen) atoms. The van der Waals surface area contributed by atoms with Crippen LogP contribution in [0, 0.1) is 0 Å². The first-order chi connectivity index (χ1) is 8.28. The van der Waals surface area contributed by atoms with Gasteiger partial charge in [-0.25, -0.2) is 0 Å². The molecule has 3 nitrogen and oxygen atoms in total. The zero-order chi connectivity index (χ0) is 13.4. The van der Waals surface area contributed by atoms with E-state index >= 15 is 0 Å². The van der Waals surface area contributed by atoms with Crippen molar-refractivity contribution >= 4 is 23.4 Å². The molecule has 4 heteroatoms. The molecule has 1 aliphatic rings. The Kier molecular flexibility index (Phi) is 3.43. The second-order valence-corrected chi connectivity index (χ2v) is 7.75. The van der Waals surface area contributed by atoms with E-state index in [9.17, 15) is 4.79 Å². The lowest BCUT2D eigenvalue weighted by Gasteiger charge is -2.17. The number of hydrogen-bond donors (Lipinski definition) is 2. The van der Waals surface area contributed by atoms with Gasteiger partial charge in [-0.3, -0.25) is 4.79 Å². The molecule has 1 aromatic carbocycles. The molecule has 0 aromatic heterocycles. The second kappa shape index (κ2) is 4.59. The van der Waals surface area contributed by atoms with E-state index in [-0.39, 0.29) is 10.7 Å². The van der Waals surface area contributed by atoms with Gasteiger partial charge in [-0.1, -0.05) is 20.8 Å². The third kappa shape index (κ3) is 3.50. The van der Waals surface area contributed by atoms with Crippen molar-refractivity contribution in [3.05, 3.63) is 24.3 Å². The molecule has 1 fully saturated rings. The Hall–Kier alpha value is -1.00. The molecule has 0 heterocycles. The molecule has 98 valence electrons. The molecular formula is C14H20N2OS. The number of carbonyl (C=O) groups is 1. The highest BCUT2D eigenvalue weighted by molar-refractivity contribution is 8.00. The van der Waals surface area contributed by atoms with Gasteiger partial charge in [0, 0.05) is 15.3 Å². The molecule has 3 N–H and O–H groups in total. The minimum atomic E-state index is -0.612. The summed E-state index contributed by atoms with van der Waals surface area (Å²) >= 11 is 1.81. The number of nitrogens with two attached hydrogens (primary N) is 1. The summed E-state index contributed by atoms with van der Waals surface area (Å²) in [5.41, 5.74) is 6.04. The standard InChI is InChI=1S/C14H20N2OS/c1-13(2,3)18-11-6-4-10(5-7-11)16-12(17)14(15)8-9-14/h4-7H,8-9,15H2,1-3H3,(H,16,17). The number of amides is 1. The highest BCUT2D eigenvalue weighted by atomic mass is 32.2. The van der Waals surface area contributed by atoms with Gasteiger partial charge in [-0.2, -0.15) is 0 Å². The summed E-state index contributed by atoms with van der Waals surface area (Å²) in [6.07, 6.45) is 1.58. The third-order valence-electron chi connectivity index (χ3n) is 2.78. The van der Waals surface area contributed by atoms with Crippen LogP contribution in [-0.2, 0) is 4.79 Å². The predicted molar refractivity (Wildman–Crippen MR) is 76.8 cm³/mol. The van der Waals surface area contributed by atoms with Crippen LogP contribution >= 0.6 is 11.8 Å². The molecule has 0 radical (unpaired) electrons. The molecule has 1 aromatic rings. The van der Waals surface area contributed by atoms with Gasteiger partial charge < -0.3 is 11.1 Å². The van der Waals surface area contributed by atoms with Gasteiger partial charge in [-0.05, 0) is 37.1 Å². The van der Waals surface area contributed by atoms with Crippen molar-refractivity contribution in [2.75, 3.05) is 5.32 Å². The number of benzene rings is 1. The zero-order valence-electron chi connectivity index (χ0n) is 11.1. The summed E-state index contributed by atoms with van der Waals surface area (Å²) in [5, 5.41) is 2.86. The number of carbonyl (C=O) groups excluding carboxylic acids is 1. The molecule has 0 aliphatic heterocycles. The Morgan fingerprint density at radius 1 is 1.28 bits per heavy atom. The molecule has 0 unspecified atom stereocenters. The van der Waals surface area contributed by atoms with E-state index in [2.05, 4.69) is 26.1 Å². The van der Waals surface area contributed by atoms with Crippen molar-refractivity contribution in [1.29, 1.82) is 0 Å². The van der Waals surface area contributed by atoms with Crippen LogP contribution in [0.1, 0.15) is 33.6 Å². The van der Waals surface area contributed by atoms with Gasteiger partial charge >= 0.3 is 0 Å². The number of nitrogens with one attached hydrogen (secondary N) is 1. The number of anilines is 1. The third-order valence-corrected chi connectivity index (χ3v) is 3.90. The lowest BCUT2D eigenvalue weighted by molar-refractivity contribution is -0.118. The van der Waals surface area contributed by atoms with E-state index in [0.717, 1.165) is 18.5 Å². The van der Waals surface area contributed by atoms with Crippen LogP contribution < -0.4 is 11.1 Å². The van der Waals surface area contributed by atoms with Gasteiger partial charge in [-0.15, -0.1) is 11.8 Å². The second-order valence-electron chi connectivity index (χ2n) is 5.85. The van der Waals surface area contributed by atoms with Gasteiger partial charge in [0.15, 0.2) is 0 Å². The van der Waals surface area contributed by atoms with Gasteiger partial charge in [0.2, 0.25) is 5.91 Å². The van der Waals surface area contributed by atoms with Crippen LogP contribution in [0.2, 0.25) is 0 Å². The number of hydrogen-bond acceptors (Lipinski definition) is 3. The number of rotatable bonds is 3. The Morgan fingerprint density at radius 2 is 1.83 bits per heavy atom. The maximum atomic E-state index is 11.8. The van der Waals surface area contributed by atoms with Crippen molar-refractivity contribution in [2.45, 2.75) is 48.8 Å². The average Bonchev–Trinajstić information content (AvgIpc) is 2.99. The Balaban J connectivity index is 1.97. The largest absolute Gasteiger partial charge is 0.324 e. The monoisotopic (exact) mass is 264 g/mol. The molecule has 2 rings (SSSR count). The van der Waals surface area contributed by atoms with Gasteiger partial charge in [0.25, 0.3) is 0 Å². The van der Waals surface area contributed by atoms with Crippen molar-refractivity contribution in [1.82, 2.24) is 0 Å². The van der Waals surface area contributed by atoms with Crippen molar-refractivity contribution < 1.29 is 4.79 Å². The summed E-state index contributed by atoms with van der Waals surface area (Å²) in [4.78, 5) is 13.0. The van der Waals surface area contributed by atoms with E-state index in [0.29, 0.717) is 0 Å². The molecule has 1 saturated carbocycles. The quantitative estimate of drug-likeness (QED) is 0.825. The van der Waals surface area contributed by atoms with Crippen LogP contribution in [0.3, 0.4) is 0 Å². The fraction of sp³-hybridized carbons (Fsp3) is 0.500. The summed E-state index contributed by atoms with van der Waals surface area (Å²) in [7, 11) is 0. The minimum absolute atomic E-state index is 0.0706. The summed E-state index contributed by atoms with van der Waals surface area (Å²) in [5.74, 6) is -0.0706. The summed E-state index contributed by atoms with van der Waals surface area (Å²) in [6.45, 7) is 6.54. The van der Waals surface area contributed by atoms with E-state index in [1.54, 1.807) is 0 Å². The zero-order valence-corrected chi connectivity index (χ0v) is 11.9. The van der Waals surface area contributed by atoms with E-state index in [1.807, 2.05) is 36.0 Å². The molecular weight excluding hydrogens is 244 g/mol. The predicted octanol–water partition coefficient (Wildman–Crippen LogP) is 3.01. The van der Waals surface area contributed by atoms with E-state index < -0.39 is 5.54 Å². The van der Waals surface area contributed by atoms with Crippen LogP contribution in [0.15, 0.2) is 29.2 Å². The Morgan fingerprint density at radius 3 is 2.28 bits per heavy atom. The highest BCUT2D eigenvalue weighted by Crippen LogP contribution is 2.34. The normalized spacial score (nSPS) is 17.3. The van der Waals surface area contributed by atoms with Crippen molar-refractivity contribution in [3.63, 3.8) is 0 Å². The smallest absolute Gasteiger partial charge is 0.244 e. The van der Waals surface area contributed by atoms with Crippen molar-refractivity contribution in [2.24, 2.45) is 5.73 Å². The lowest BCUT2D eigenvalue weighted by atomic mass is 10.2. The maximum Gasteiger partial charge on any atom is 0.244 e. The van der Waals surface area contributed by atoms with Crippen molar-refractivity contribution in [3.8, 4) is 0 Å². The fourth-order valence-electron chi connectivity index (χ4n) is 1.58. The van der Waals surface area contributed by atoms with Crippen LogP contribution in [0.25, 0.3) is 0 Å². The van der Waals surface area contributed by atoms with Gasteiger partial charge in [0.05, 0.1) is 5.54 Å². The lowest BCUT2D eigenvalue weighted by Crippen LogP contribution is -2.37. The highest BCUT2D eigenvalue weighted by Gasteiger charge is 2.45. The van der Waals surface area contributed by atoms with Crippen LogP contribution in [0.5, 0.6) is 0 Å². The van der Waals surface area contributed by atoms with Crippen LogP contribution in [-0.4, -0.2) is 16.2 Å². The summed E-state index contributed by atoms with van der Waals surface area (Å²) in [6, 6.07) is 7.92. The van der Waals surface area contributed by atoms with Crippen LogP contribution in [0.4, 0.5) is 5.69 Å². The first-order valence-corrected chi connectivity index (χ1v) is 7.00. The maximum absolute atomic E-state index is 11.8. The molecule has 0 bridgehead atoms. The SMILES string of the molecule is CC(C)(C)Sc1ccc(NC(=O)C2(N)CC2)cc1. The molecule has 1 amide bonds. The molecule has 0 saturated heterocycles.